The van der Waals surface area contributed by atoms with Crippen molar-refractivity contribution in [2.24, 2.45) is 5.41 Å². The first-order valence-electron chi connectivity index (χ1n) is 6.53. The van der Waals surface area contributed by atoms with Crippen molar-refractivity contribution in [3.63, 3.8) is 0 Å². The predicted octanol–water partition coefficient (Wildman–Crippen LogP) is 2.81. The fourth-order valence-corrected chi connectivity index (χ4v) is 2.82. The van der Waals surface area contributed by atoms with Gasteiger partial charge in [0.05, 0.1) is 23.6 Å². The number of ether oxygens (including phenoxy) is 2. The van der Waals surface area contributed by atoms with Crippen LogP contribution in [0.5, 0.6) is 0 Å². The number of hydrogen-bond acceptors (Lipinski definition) is 6. The molecule has 124 valence electrons. The van der Waals surface area contributed by atoms with Crippen LogP contribution in [0.4, 0.5) is 5.69 Å². The zero-order valence-electron chi connectivity index (χ0n) is 12.7. The van der Waals surface area contributed by atoms with Gasteiger partial charge >= 0.3 is 11.9 Å². The van der Waals surface area contributed by atoms with E-state index in [2.05, 4.69) is 22.5 Å². The second-order valence-electron chi connectivity index (χ2n) is 4.74. The van der Waals surface area contributed by atoms with E-state index >= 15 is 0 Å². The highest BCUT2D eigenvalue weighted by Crippen LogP contribution is 2.36. The van der Waals surface area contributed by atoms with Gasteiger partial charge in [0.2, 0.25) is 0 Å². The molecule has 1 rings (SSSR count). The van der Waals surface area contributed by atoms with Crippen molar-refractivity contribution in [3.05, 3.63) is 51.0 Å². The summed E-state index contributed by atoms with van der Waals surface area (Å²) < 4.78 is 9.69. The number of carbonyl (C=O) groups is 2. The fourth-order valence-electron chi connectivity index (χ4n) is 2.27. The first-order valence-corrected chi connectivity index (χ1v) is 7.32. The Bertz CT molecular complexity index is 627. The van der Waals surface area contributed by atoms with Crippen LogP contribution in [-0.4, -0.2) is 31.1 Å². The first kappa shape index (κ1) is 18.8. The Morgan fingerprint density at radius 2 is 1.91 bits per heavy atom. The molecular formula is C15H16BrNO6. The maximum atomic E-state index is 12.2. The van der Waals surface area contributed by atoms with E-state index < -0.39 is 22.3 Å². The predicted molar refractivity (Wildman–Crippen MR) is 85.8 cm³/mol. The number of nitro benzene ring substituents is 1. The number of rotatable bonds is 7. The number of allylic oxidation sites excluding steroid dienone is 1. The van der Waals surface area contributed by atoms with E-state index in [1.54, 1.807) is 6.07 Å². The van der Waals surface area contributed by atoms with Gasteiger partial charge in [0.1, 0.15) is 0 Å². The smallest absolute Gasteiger partial charge is 0.323 e. The SMILES string of the molecule is C=CCC(Cc1cccc([N+](=O)[O-])c1Br)(C(=O)OC)C(=O)OC. The molecule has 0 amide bonds. The second-order valence-corrected chi connectivity index (χ2v) is 5.54. The molecule has 0 radical (unpaired) electrons. The molecule has 1 aromatic carbocycles. The summed E-state index contributed by atoms with van der Waals surface area (Å²) in [6.07, 6.45) is 1.25. The topological polar surface area (TPSA) is 95.7 Å². The van der Waals surface area contributed by atoms with Crippen molar-refractivity contribution in [1.82, 2.24) is 0 Å². The van der Waals surface area contributed by atoms with Gasteiger partial charge in [-0.25, -0.2) is 0 Å². The maximum Gasteiger partial charge on any atom is 0.323 e. The Labute approximate surface area is 141 Å². The molecule has 1 aromatic rings. The molecule has 0 saturated carbocycles. The van der Waals surface area contributed by atoms with Gasteiger partial charge in [0, 0.05) is 12.5 Å². The second kappa shape index (κ2) is 7.87. The average Bonchev–Trinajstić information content (AvgIpc) is 2.54. The monoisotopic (exact) mass is 385 g/mol. The molecule has 8 heteroatoms. The van der Waals surface area contributed by atoms with Crippen molar-refractivity contribution in [3.8, 4) is 0 Å². The third-order valence-electron chi connectivity index (χ3n) is 3.39. The summed E-state index contributed by atoms with van der Waals surface area (Å²) >= 11 is 3.16. The lowest BCUT2D eigenvalue weighted by Gasteiger charge is -2.27. The van der Waals surface area contributed by atoms with Crippen LogP contribution in [0.15, 0.2) is 35.3 Å². The quantitative estimate of drug-likeness (QED) is 0.235. The average molecular weight is 386 g/mol. The minimum absolute atomic E-state index is 0.0263. The molecule has 0 fully saturated rings. The Morgan fingerprint density at radius 1 is 1.35 bits per heavy atom. The number of benzene rings is 1. The summed E-state index contributed by atoms with van der Waals surface area (Å²) in [6, 6.07) is 4.38. The number of esters is 2. The molecule has 23 heavy (non-hydrogen) atoms. The molecule has 0 aliphatic heterocycles. The molecule has 0 N–H and O–H groups in total. The molecule has 0 unspecified atom stereocenters. The lowest BCUT2D eigenvalue weighted by Crippen LogP contribution is -2.43. The number of nitro groups is 1. The van der Waals surface area contributed by atoms with Crippen molar-refractivity contribution < 1.29 is 24.0 Å². The van der Waals surface area contributed by atoms with E-state index in [4.69, 9.17) is 9.47 Å². The highest BCUT2D eigenvalue weighted by molar-refractivity contribution is 9.10. The van der Waals surface area contributed by atoms with E-state index in [1.807, 2.05) is 0 Å². The summed E-state index contributed by atoms with van der Waals surface area (Å²) in [5.74, 6) is -1.58. The summed E-state index contributed by atoms with van der Waals surface area (Å²) in [5, 5.41) is 11.0. The van der Waals surface area contributed by atoms with Crippen molar-refractivity contribution in [2.75, 3.05) is 14.2 Å². The lowest BCUT2D eigenvalue weighted by atomic mass is 9.78. The Kier molecular flexibility index (Phi) is 6.44. The Morgan fingerprint density at radius 3 is 2.35 bits per heavy atom. The molecule has 0 aliphatic carbocycles. The third-order valence-corrected chi connectivity index (χ3v) is 4.31. The van der Waals surface area contributed by atoms with Gasteiger partial charge in [-0.3, -0.25) is 19.7 Å². The summed E-state index contributed by atoms with van der Waals surface area (Å²) in [5.41, 5.74) is -1.40. The number of carbonyl (C=O) groups excluding carboxylic acids is 2. The van der Waals surface area contributed by atoms with Crippen molar-refractivity contribution >= 4 is 33.6 Å². The fraction of sp³-hybridized carbons (Fsp3) is 0.333. The van der Waals surface area contributed by atoms with E-state index in [1.165, 1.54) is 18.2 Å². The van der Waals surface area contributed by atoms with Crippen LogP contribution in [0.25, 0.3) is 0 Å². The van der Waals surface area contributed by atoms with Crippen LogP contribution in [0.2, 0.25) is 0 Å². The molecule has 0 saturated heterocycles. The van der Waals surface area contributed by atoms with E-state index in [-0.39, 0.29) is 23.0 Å². The van der Waals surface area contributed by atoms with Gasteiger partial charge in [-0.2, -0.15) is 0 Å². The standard InChI is InChI=1S/C15H16BrNO6/c1-4-8-15(13(18)22-2,14(19)23-3)9-10-6-5-7-11(12(10)16)17(20)21/h4-7H,1,8-9H2,2-3H3. The number of methoxy groups -OCH3 is 2. The van der Waals surface area contributed by atoms with Crippen LogP contribution in [-0.2, 0) is 25.5 Å². The van der Waals surface area contributed by atoms with Gasteiger partial charge in [0.25, 0.3) is 5.69 Å². The van der Waals surface area contributed by atoms with E-state index in [0.29, 0.717) is 5.56 Å². The van der Waals surface area contributed by atoms with Gasteiger partial charge in [-0.1, -0.05) is 18.2 Å². The van der Waals surface area contributed by atoms with E-state index in [0.717, 1.165) is 14.2 Å². The van der Waals surface area contributed by atoms with E-state index in [9.17, 15) is 19.7 Å². The molecule has 0 bridgehead atoms. The number of nitrogens with zero attached hydrogens (tertiary/aromatic N) is 1. The third kappa shape index (κ3) is 3.76. The Hall–Kier alpha value is -2.22. The lowest BCUT2D eigenvalue weighted by molar-refractivity contribution is -0.385. The normalized spacial score (nSPS) is 10.7. The van der Waals surface area contributed by atoms with Gasteiger partial charge < -0.3 is 9.47 Å². The summed E-state index contributed by atoms with van der Waals surface area (Å²) in [7, 11) is 2.32. The molecule has 0 aliphatic rings. The van der Waals surface area contributed by atoms with Crippen molar-refractivity contribution in [2.45, 2.75) is 12.8 Å². The van der Waals surface area contributed by atoms with Crippen LogP contribution in [0, 0.1) is 15.5 Å². The zero-order valence-corrected chi connectivity index (χ0v) is 14.3. The van der Waals surface area contributed by atoms with Crippen molar-refractivity contribution in [1.29, 1.82) is 0 Å². The van der Waals surface area contributed by atoms with Crippen LogP contribution in [0.1, 0.15) is 12.0 Å². The summed E-state index contributed by atoms with van der Waals surface area (Å²) in [6.45, 7) is 3.55. The highest BCUT2D eigenvalue weighted by atomic mass is 79.9. The maximum absolute atomic E-state index is 12.2. The summed E-state index contributed by atoms with van der Waals surface area (Å²) in [4.78, 5) is 34.9. The minimum Gasteiger partial charge on any atom is -0.468 e. The van der Waals surface area contributed by atoms with Gasteiger partial charge in [0.15, 0.2) is 5.41 Å². The number of hydrogen-bond donors (Lipinski definition) is 0. The van der Waals surface area contributed by atoms with Gasteiger partial charge in [-0.15, -0.1) is 6.58 Å². The molecule has 0 heterocycles. The zero-order chi connectivity index (χ0) is 17.6. The highest BCUT2D eigenvalue weighted by Gasteiger charge is 2.48. The largest absolute Gasteiger partial charge is 0.468 e. The molecule has 0 aromatic heterocycles. The van der Waals surface area contributed by atoms with Gasteiger partial charge in [-0.05, 0) is 27.9 Å². The molecule has 7 nitrogen and oxygen atoms in total. The minimum atomic E-state index is -1.65. The Balaban J connectivity index is 3.44. The van der Waals surface area contributed by atoms with Crippen LogP contribution >= 0.6 is 15.9 Å². The van der Waals surface area contributed by atoms with Crippen LogP contribution in [0.3, 0.4) is 0 Å². The molecule has 0 spiro atoms. The molecular weight excluding hydrogens is 370 g/mol. The van der Waals surface area contributed by atoms with Crippen LogP contribution < -0.4 is 0 Å². The molecule has 0 atom stereocenters. The first-order chi connectivity index (χ1) is 10.8. The number of halogens is 1.